The maximum Gasteiger partial charge on any atom is 0.338 e. The lowest BCUT2D eigenvalue weighted by Gasteiger charge is -2.07. The summed E-state index contributed by atoms with van der Waals surface area (Å²) >= 11 is 0. The van der Waals surface area contributed by atoms with E-state index in [9.17, 15) is 23.2 Å². The van der Waals surface area contributed by atoms with Crippen molar-refractivity contribution in [2.24, 2.45) is 0 Å². The first-order valence-electron chi connectivity index (χ1n) is 7.96. The van der Waals surface area contributed by atoms with Crippen LogP contribution in [-0.2, 0) is 9.53 Å². The van der Waals surface area contributed by atoms with Crippen LogP contribution in [0.5, 0.6) is 0 Å². The molecule has 7 heteroatoms. The first kappa shape index (κ1) is 19.2. The van der Waals surface area contributed by atoms with E-state index in [0.717, 1.165) is 18.6 Å². The van der Waals surface area contributed by atoms with Crippen LogP contribution in [0.1, 0.15) is 40.5 Å². The fourth-order valence-electron chi connectivity index (χ4n) is 2.11. The maximum absolute atomic E-state index is 13.1. The monoisotopic (exact) mass is 361 g/mol. The van der Waals surface area contributed by atoms with Gasteiger partial charge < -0.3 is 10.1 Å². The molecule has 5 nitrogen and oxygen atoms in total. The van der Waals surface area contributed by atoms with Crippen LogP contribution in [0.2, 0.25) is 0 Å². The van der Waals surface area contributed by atoms with Crippen molar-refractivity contribution in [3.63, 3.8) is 0 Å². The van der Waals surface area contributed by atoms with Gasteiger partial charge in [0.15, 0.2) is 24.0 Å². The van der Waals surface area contributed by atoms with E-state index >= 15 is 0 Å². The molecule has 0 aliphatic rings. The van der Waals surface area contributed by atoms with Crippen LogP contribution < -0.4 is 5.32 Å². The number of nitrogens with one attached hydrogen (secondary N) is 1. The van der Waals surface area contributed by atoms with Crippen LogP contribution in [0.4, 0.5) is 14.5 Å². The molecule has 0 saturated heterocycles. The molecule has 2 rings (SSSR count). The fourth-order valence-corrected chi connectivity index (χ4v) is 2.11. The highest BCUT2D eigenvalue weighted by atomic mass is 19.2. The third kappa shape index (κ3) is 5.20. The van der Waals surface area contributed by atoms with E-state index in [0.29, 0.717) is 18.2 Å². The lowest BCUT2D eigenvalue weighted by Crippen LogP contribution is -2.15. The first-order valence-corrected chi connectivity index (χ1v) is 7.96. The van der Waals surface area contributed by atoms with Crippen molar-refractivity contribution >= 4 is 23.3 Å². The molecule has 136 valence electrons. The molecule has 0 spiro atoms. The van der Waals surface area contributed by atoms with E-state index in [1.54, 1.807) is 12.1 Å². The van der Waals surface area contributed by atoms with Gasteiger partial charge in [-0.25, -0.2) is 13.6 Å². The van der Waals surface area contributed by atoms with E-state index in [1.165, 1.54) is 12.1 Å². The van der Waals surface area contributed by atoms with Crippen LogP contribution in [0.25, 0.3) is 0 Å². The van der Waals surface area contributed by atoms with E-state index in [-0.39, 0.29) is 17.0 Å². The molecule has 0 bridgehead atoms. The van der Waals surface area contributed by atoms with Crippen molar-refractivity contribution in [2.75, 3.05) is 11.9 Å². The molecule has 0 heterocycles. The normalized spacial score (nSPS) is 10.3. The number of ketones is 1. The van der Waals surface area contributed by atoms with Crippen LogP contribution in [-0.4, -0.2) is 24.3 Å². The van der Waals surface area contributed by atoms with Gasteiger partial charge in [-0.3, -0.25) is 9.59 Å². The Morgan fingerprint density at radius 3 is 2.23 bits per heavy atom. The summed E-state index contributed by atoms with van der Waals surface area (Å²) in [6, 6.07) is 8.70. The number of anilines is 1. The Labute approximate surface area is 149 Å². The number of halogens is 2. The van der Waals surface area contributed by atoms with Gasteiger partial charge in [0.1, 0.15) is 0 Å². The number of amides is 1. The highest BCUT2D eigenvalue weighted by Crippen LogP contribution is 2.13. The standard InChI is InChI=1S/C19H17F2NO4/c1-2-3-18(24)22-14-7-4-12(5-8-14)17(23)11-26-19(25)13-6-9-15(20)16(21)10-13/h4-10H,2-3,11H2,1H3,(H,22,24). The highest BCUT2D eigenvalue weighted by Gasteiger charge is 2.14. The number of ether oxygens (including phenoxy) is 1. The van der Waals surface area contributed by atoms with E-state index in [2.05, 4.69) is 5.32 Å². The molecular weight excluding hydrogens is 344 g/mol. The summed E-state index contributed by atoms with van der Waals surface area (Å²) in [5.74, 6) is -3.77. The molecule has 0 atom stereocenters. The summed E-state index contributed by atoms with van der Waals surface area (Å²) in [5.41, 5.74) is 0.654. The van der Waals surface area contributed by atoms with Gasteiger partial charge >= 0.3 is 5.97 Å². The van der Waals surface area contributed by atoms with Gasteiger partial charge in [-0.05, 0) is 48.9 Å². The lowest BCUT2D eigenvalue weighted by atomic mass is 10.1. The number of carbonyl (C=O) groups excluding carboxylic acids is 3. The zero-order valence-electron chi connectivity index (χ0n) is 14.1. The number of esters is 1. The van der Waals surface area contributed by atoms with Crippen molar-refractivity contribution in [2.45, 2.75) is 19.8 Å². The van der Waals surface area contributed by atoms with Gasteiger partial charge in [-0.2, -0.15) is 0 Å². The van der Waals surface area contributed by atoms with Crippen molar-refractivity contribution < 1.29 is 27.9 Å². The van der Waals surface area contributed by atoms with E-state index in [1.807, 2.05) is 6.92 Å². The van der Waals surface area contributed by atoms with Gasteiger partial charge in [-0.1, -0.05) is 6.92 Å². The van der Waals surface area contributed by atoms with E-state index in [4.69, 9.17) is 4.74 Å². The number of benzene rings is 2. The topological polar surface area (TPSA) is 72.5 Å². The predicted molar refractivity (Wildman–Crippen MR) is 91.0 cm³/mol. The Hall–Kier alpha value is -3.09. The van der Waals surface area contributed by atoms with Gasteiger partial charge in [0.2, 0.25) is 5.91 Å². The van der Waals surface area contributed by atoms with Crippen molar-refractivity contribution in [3.8, 4) is 0 Å². The van der Waals surface area contributed by atoms with E-state index < -0.39 is 30.0 Å². The maximum atomic E-state index is 13.1. The average molecular weight is 361 g/mol. The Morgan fingerprint density at radius 1 is 0.962 bits per heavy atom. The largest absolute Gasteiger partial charge is 0.454 e. The summed E-state index contributed by atoms with van der Waals surface area (Å²) < 4.78 is 30.8. The molecule has 0 saturated carbocycles. The van der Waals surface area contributed by atoms with Crippen LogP contribution >= 0.6 is 0 Å². The molecule has 1 amide bonds. The summed E-state index contributed by atoms with van der Waals surface area (Å²) in [4.78, 5) is 35.3. The Bertz CT molecular complexity index is 819. The SMILES string of the molecule is CCCC(=O)Nc1ccc(C(=O)COC(=O)c2ccc(F)c(F)c2)cc1. The minimum atomic E-state index is -1.17. The zero-order chi connectivity index (χ0) is 19.1. The van der Waals surface area contributed by atoms with Gasteiger partial charge in [-0.15, -0.1) is 0 Å². The summed E-state index contributed by atoms with van der Waals surface area (Å²) in [7, 11) is 0. The van der Waals surface area contributed by atoms with Gasteiger partial charge in [0, 0.05) is 17.7 Å². The smallest absolute Gasteiger partial charge is 0.338 e. The van der Waals surface area contributed by atoms with Crippen LogP contribution in [0.15, 0.2) is 42.5 Å². The van der Waals surface area contributed by atoms with Gasteiger partial charge in [0.25, 0.3) is 0 Å². The number of Topliss-reactive ketones (excluding diaryl/α,β-unsaturated/α-hetero) is 1. The first-order chi connectivity index (χ1) is 12.4. The predicted octanol–water partition coefficient (Wildman–Crippen LogP) is 3.74. The number of rotatable bonds is 7. The average Bonchev–Trinajstić information content (AvgIpc) is 2.62. The van der Waals surface area contributed by atoms with Crippen molar-refractivity contribution in [1.29, 1.82) is 0 Å². The molecular formula is C19H17F2NO4. The highest BCUT2D eigenvalue weighted by molar-refractivity contribution is 6.00. The summed E-state index contributed by atoms with van der Waals surface area (Å²) in [6.45, 7) is 1.35. The molecule has 2 aromatic rings. The Kier molecular flexibility index (Phi) is 6.54. The molecule has 2 aromatic carbocycles. The molecule has 0 aliphatic heterocycles. The number of carbonyl (C=O) groups is 3. The molecule has 0 radical (unpaired) electrons. The molecule has 0 fully saturated rings. The zero-order valence-corrected chi connectivity index (χ0v) is 14.1. The Morgan fingerprint density at radius 2 is 1.62 bits per heavy atom. The second-order valence-corrected chi connectivity index (χ2v) is 5.50. The van der Waals surface area contributed by atoms with Crippen LogP contribution in [0.3, 0.4) is 0 Å². The van der Waals surface area contributed by atoms with Crippen molar-refractivity contribution in [1.82, 2.24) is 0 Å². The molecule has 1 N–H and O–H groups in total. The number of hydrogen-bond acceptors (Lipinski definition) is 4. The Balaban J connectivity index is 1.92. The van der Waals surface area contributed by atoms with Crippen molar-refractivity contribution in [3.05, 3.63) is 65.2 Å². The fraction of sp³-hybridized carbons (Fsp3) is 0.211. The second-order valence-electron chi connectivity index (χ2n) is 5.50. The quantitative estimate of drug-likeness (QED) is 0.602. The van der Waals surface area contributed by atoms with Crippen LogP contribution in [0, 0.1) is 11.6 Å². The second kappa shape index (κ2) is 8.84. The summed E-state index contributed by atoms with van der Waals surface area (Å²) in [5, 5.41) is 2.69. The minimum absolute atomic E-state index is 0.118. The number of hydrogen-bond donors (Lipinski definition) is 1. The minimum Gasteiger partial charge on any atom is -0.454 e. The third-order valence-electron chi connectivity index (χ3n) is 3.46. The van der Waals surface area contributed by atoms with Gasteiger partial charge in [0.05, 0.1) is 5.56 Å². The third-order valence-corrected chi connectivity index (χ3v) is 3.46. The lowest BCUT2D eigenvalue weighted by molar-refractivity contribution is -0.116. The molecule has 0 aromatic heterocycles. The molecule has 0 aliphatic carbocycles. The molecule has 0 unspecified atom stereocenters. The summed E-state index contributed by atoms with van der Waals surface area (Å²) in [6.07, 6.45) is 1.13. The molecule has 26 heavy (non-hydrogen) atoms.